The molecule has 0 fully saturated rings. The van der Waals surface area contributed by atoms with Crippen LogP contribution in [0.3, 0.4) is 0 Å². The summed E-state index contributed by atoms with van der Waals surface area (Å²) in [6.45, 7) is 3.93. The van der Waals surface area contributed by atoms with Gasteiger partial charge in [0.1, 0.15) is 6.10 Å². The molecule has 1 atom stereocenters. The number of aryl methyl sites for hydroxylation is 1. The highest BCUT2D eigenvalue weighted by Crippen LogP contribution is 2.25. The first kappa shape index (κ1) is 13.1. The minimum absolute atomic E-state index is 0.324. The third-order valence-electron chi connectivity index (χ3n) is 2.59. The number of aliphatic hydroxyl groups excluding tert-OH is 1. The Bertz CT molecular complexity index is 519. The van der Waals surface area contributed by atoms with Crippen molar-refractivity contribution in [3.63, 3.8) is 0 Å². The summed E-state index contributed by atoms with van der Waals surface area (Å²) in [5.41, 5.74) is 1.79. The number of rotatable bonds is 4. The van der Waals surface area contributed by atoms with Crippen LogP contribution in [0.1, 0.15) is 37.3 Å². The molecule has 18 heavy (non-hydrogen) atoms. The van der Waals surface area contributed by atoms with E-state index >= 15 is 0 Å². The Hall–Kier alpha value is -1.39. The van der Waals surface area contributed by atoms with Gasteiger partial charge in [-0.05, 0) is 37.1 Å². The third-order valence-corrected chi connectivity index (χ3v) is 2.81. The van der Waals surface area contributed by atoms with Crippen LogP contribution >= 0.6 is 11.6 Å². The molecule has 0 radical (unpaired) electrons. The third kappa shape index (κ3) is 2.89. The molecular weight excluding hydrogens is 252 g/mol. The molecule has 0 saturated heterocycles. The van der Waals surface area contributed by atoms with Crippen LogP contribution in [-0.4, -0.2) is 15.2 Å². The maximum absolute atomic E-state index is 9.78. The summed E-state index contributed by atoms with van der Waals surface area (Å²) in [5, 5.41) is 14.2. The average molecular weight is 267 g/mol. The van der Waals surface area contributed by atoms with Crippen LogP contribution in [0, 0.1) is 6.92 Å². The summed E-state index contributed by atoms with van der Waals surface area (Å²) in [5.74, 6) is 0.704. The highest BCUT2D eigenvalue weighted by atomic mass is 35.5. The highest BCUT2D eigenvalue weighted by molar-refractivity contribution is 6.30. The van der Waals surface area contributed by atoms with Crippen molar-refractivity contribution in [3.05, 3.63) is 34.6 Å². The summed E-state index contributed by atoms with van der Waals surface area (Å²) in [6.07, 6.45) is 0.808. The van der Waals surface area contributed by atoms with E-state index in [2.05, 4.69) is 10.1 Å². The Kier molecular flexibility index (Phi) is 3.99. The molecule has 96 valence electrons. The molecular formula is C13H15ClN2O2. The highest BCUT2D eigenvalue weighted by Gasteiger charge is 2.16. The Balaban J connectivity index is 2.29. The molecule has 0 bridgehead atoms. The van der Waals surface area contributed by atoms with Crippen LogP contribution in [0.15, 0.2) is 22.7 Å². The van der Waals surface area contributed by atoms with E-state index in [1.807, 2.05) is 26.0 Å². The van der Waals surface area contributed by atoms with Crippen molar-refractivity contribution in [1.82, 2.24) is 10.1 Å². The Morgan fingerprint density at radius 2 is 2.17 bits per heavy atom. The molecule has 2 aromatic rings. The Labute approximate surface area is 111 Å². The van der Waals surface area contributed by atoms with Gasteiger partial charge in [-0.25, -0.2) is 0 Å². The molecule has 2 rings (SSSR count). The first-order valence-electron chi connectivity index (χ1n) is 5.89. The van der Waals surface area contributed by atoms with Crippen LogP contribution in [0.5, 0.6) is 0 Å². The SMILES string of the molecule is CCCC(O)c1noc(-c2cc(C)cc(Cl)c2)n1. The minimum Gasteiger partial charge on any atom is -0.385 e. The predicted octanol–water partition coefficient (Wildman–Crippen LogP) is 3.53. The molecule has 1 aromatic heterocycles. The van der Waals surface area contributed by atoms with E-state index in [1.165, 1.54) is 0 Å². The predicted molar refractivity (Wildman–Crippen MR) is 69.3 cm³/mol. The van der Waals surface area contributed by atoms with Gasteiger partial charge in [-0.15, -0.1) is 0 Å². The molecule has 1 heterocycles. The van der Waals surface area contributed by atoms with Gasteiger partial charge >= 0.3 is 0 Å². The van der Waals surface area contributed by atoms with Gasteiger partial charge in [-0.1, -0.05) is 30.1 Å². The van der Waals surface area contributed by atoms with Gasteiger partial charge in [-0.2, -0.15) is 4.98 Å². The molecule has 1 unspecified atom stereocenters. The van der Waals surface area contributed by atoms with Crippen molar-refractivity contribution in [2.45, 2.75) is 32.8 Å². The van der Waals surface area contributed by atoms with Crippen LogP contribution in [0.25, 0.3) is 11.5 Å². The fourth-order valence-electron chi connectivity index (χ4n) is 1.75. The van der Waals surface area contributed by atoms with E-state index in [4.69, 9.17) is 16.1 Å². The lowest BCUT2D eigenvalue weighted by molar-refractivity contribution is 0.153. The smallest absolute Gasteiger partial charge is 0.258 e. The number of benzene rings is 1. The number of aromatic nitrogens is 2. The second kappa shape index (κ2) is 5.50. The van der Waals surface area contributed by atoms with E-state index in [0.717, 1.165) is 17.5 Å². The van der Waals surface area contributed by atoms with Gasteiger partial charge in [0.25, 0.3) is 5.89 Å². The standard InChI is InChI=1S/C13H15ClN2O2/c1-3-4-11(17)12-15-13(18-16-12)9-5-8(2)6-10(14)7-9/h5-7,11,17H,3-4H2,1-2H3. The Morgan fingerprint density at radius 1 is 1.39 bits per heavy atom. The fourth-order valence-corrected chi connectivity index (χ4v) is 2.04. The second-order valence-electron chi connectivity index (χ2n) is 4.28. The molecule has 0 aliphatic carbocycles. The van der Waals surface area contributed by atoms with E-state index in [-0.39, 0.29) is 0 Å². The van der Waals surface area contributed by atoms with Crippen molar-refractivity contribution >= 4 is 11.6 Å². The summed E-state index contributed by atoms with van der Waals surface area (Å²) >= 11 is 5.98. The lowest BCUT2D eigenvalue weighted by Gasteiger charge is -2.01. The summed E-state index contributed by atoms with van der Waals surface area (Å²) in [6, 6.07) is 5.53. The van der Waals surface area contributed by atoms with Gasteiger partial charge < -0.3 is 9.63 Å². The van der Waals surface area contributed by atoms with Crippen molar-refractivity contribution in [3.8, 4) is 11.5 Å². The molecule has 4 nitrogen and oxygen atoms in total. The average Bonchev–Trinajstić information content (AvgIpc) is 2.77. The second-order valence-corrected chi connectivity index (χ2v) is 4.72. The quantitative estimate of drug-likeness (QED) is 0.920. The molecule has 0 aliphatic heterocycles. The number of hydrogen-bond donors (Lipinski definition) is 1. The number of hydrogen-bond acceptors (Lipinski definition) is 4. The molecule has 0 amide bonds. The Morgan fingerprint density at radius 3 is 2.83 bits per heavy atom. The molecule has 0 aliphatic rings. The van der Waals surface area contributed by atoms with E-state index in [0.29, 0.717) is 23.2 Å². The largest absolute Gasteiger partial charge is 0.385 e. The van der Waals surface area contributed by atoms with Crippen molar-refractivity contribution < 1.29 is 9.63 Å². The lowest BCUT2D eigenvalue weighted by Crippen LogP contribution is -1.98. The first-order chi connectivity index (χ1) is 8.60. The van der Waals surface area contributed by atoms with Crippen LogP contribution < -0.4 is 0 Å². The van der Waals surface area contributed by atoms with Gasteiger partial charge in [0.05, 0.1) is 0 Å². The van der Waals surface area contributed by atoms with E-state index in [1.54, 1.807) is 6.07 Å². The molecule has 0 spiro atoms. The zero-order valence-corrected chi connectivity index (χ0v) is 11.1. The maximum atomic E-state index is 9.78. The number of aliphatic hydroxyl groups is 1. The number of nitrogens with zero attached hydrogens (tertiary/aromatic N) is 2. The molecule has 1 aromatic carbocycles. The van der Waals surface area contributed by atoms with Gasteiger partial charge in [0.2, 0.25) is 5.82 Å². The van der Waals surface area contributed by atoms with Crippen LogP contribution in [0.4, 0.5) is 0 Å². The van der Waals surface area contributed by atoms with Gasteiger partial charge in [0.15, 0.2) is 0 Å². The van der Waals surface area contributed by atoms with Crippen LogP contribution in [-0.2, 0) is 0 Å². The van der Waals surface area contributed by atoms with Crippen LogP contribution in [0.2, 0.25) is 5.02 Å². The fraction of sp³-hybridized carbons (Fsp3) is 0.385. The summed E-state index contributed by atoms with van der Waals surface area (Å²) < 4.78 is 5.15. The zero-order chi connectivity index (χ0) is 13.1. The normalized spacial score (nSPS) is 12.7. The van der Waals surface area contributed by atoms with Gasteiger partial charge in [0, 0.05) is 10.6 Å². The lowest BCUT2D eigenvalue weighted by atomic mass is 10.1. The molecule has 5 heteroatoms. The molecule has 0 saturated carbocycles. The topological polar surface area (TPSA) is 59.2 Å². The zero-order valence-electron chi connectivity index (χ0n) is 10.4. The van der Waals surface area contributed by atoms with Crippen molar-refractivity contribution in [2.75, 3.05) is 0 Å². The maximum Gasteiger partial charge on any atom is 0.258 e. The molecule has 1 N–H and O–H groups in total. The van der Waals surface area contributed by atoms with Crippen molar-refractivity contribution in [1.29, 1.82) is 0 Å². The summed E-state index contributed by atoms with van der Waals surface area (Å²) in [4.78, 5) is 4.19. The van der Waals surface area contributed by atoms with E-state index < -0.39 is 6.10 Å². The van der Waals surface area contributed by atoms with Gasteiger partial charge in [-0.3, -0.25) is 0 Å². The first-order valence-corrected chi connectivity index (χ1v) is 6.27. The van der Waals surface area contributed by atoms with Crippen molar-refractivity contribution in [2.24, 2.45) is 0 Å². The number of halogens is 1. The monoisotopic (exact) mass is 266 g/mol. The minimum atomic E-state index is -0.673. The van der Waals surface area contributed by atoms with E-state index in [9.17, 15) is 5.11 Å². The summed E-state index contributed by atoms with van der Waals surface area (Å²) in [7, 11) is 0.